The van der Waals surface area contributed by atoms with Crippen molar-refractivity contribution in [3.8, 4) is 12.3 Å². The molecule has 0 amide bonds. The fourth-order valence-corrected chi connectivity index (χ4v) is 1.55. The van der Waals surface area contributed by atoms with Crippen molar-refractivity contribution in [2.75, 3.05) is 6.61 Å². The zero-order valence-electron chi connectivity index (χ0n) is 8.22. The van der Waals surface area contributed by atoms with Gasteiger partial charge in [0.05, 0.1) is 4.91 Å². The third-order valence-electron chi connectivity index (χ3n) is 1.26. The number of rotatable bonds is 6. The Labute approximate surface area is 90.6 Å². The van der Waals surface area contributed by atoms with Crippen LogP contribution in [0, 0.1) is 12.3 Å². The monoisotopic (exact) mass is 224 g/mol. The van der Waals surface area contributed by atoms with E-state index in [0.29, 0.717) is 0 Å². The highest BCUT2D eigenvalue weighted by Crippen LogP contribution is 2.10. The van der Waals surface area contributed by atoms with Crippen LogP contribution < -0.4 is 0 Å². The van der Waals surface area contributed by atoms with E-state index in [2.05, 4.69) is 23.3 Å². The molecule has 0 heterocycles. The molecule has 0 saturated heterocycles. The van der Waals surface area contributed by atoms with E-state index in [1.54, 1.807) is 0 Å². The maximum atomic E-state index is 11.5. The molecule has 0 N–H and O–H groups in total. The fraction of sp³-hybridized carbons (Fsp3) is 0.0909. The van der Waals surface area contributed by atoms with Gasteiger partial charge in [0, 0.05) is 0 Å². The first-order valence-corrected chi connectivity index (χ1v) is 5.44. The van der Waals surface area contributed by atoms with Crippen LogP contribution in [0.15, 0.2) is 48.4 Å². The SMILES string of the molecule is C#CCOS(=O)(=O)C(/C=C\C=C)=C/C=C. The lowest BCUT2D eigenvalue weighted by molar-refractivity contribution is 0.369. The van der Waals surface area contributed by atoms with Crippen LogP contribution in [0.1, 0.15) is 0 Å². The van der Waals surface area contributed by atoms with Crippen molar-refractivity contribution in [2.45, 2.75) is 0 Å². The van der Waals surface area contributed by atoms with Gasteiger partial charge >= 0.3 is 0 Å². The van der Waals surface area contributed by atoms with E-state index in [9.17, 15) is 8.42 Å². The number of terminal acetylenes is 1. The molecule has 0 aromatic carbocycles. The van der Waals surface area contributed by atoms with Crippen molar-refractivity contribution >= 4 is 10.1 Å². The molecule has 80 valence electrons. The molecule has 0 aliphatic rings. The zero-order chi connectivity index (χ0) is 11.7. The molecule has 0 radical (unpaired) electrons. The minimum Gasteiger partial charge on any atom is -0.253 e. The Kier molecular flexibility index (Phi) is 6.11. The minimum atomic E-state index is -3.81. The molecule has 0 aromatic rings. The van der Waals surface area contributed by atoms with E-state index in [4.69, 9.17) is 6.42 Å². The van der Waals surface area contributed by atoms with E-state index in [-0.39, 0.29) is 11.5 Å². The normalized spacial score (nSPS) is 12.3. The van der Waals surface area contributed by atoms with E-state index in [0.717, 1.165) is 0 Å². The van der Waals surface area contributed by atoms with Crippen LogP contribution in [0.3, 0.4) is 0 Å². The molecule has 0 fully saturated rings. The molecule has 0 aliphatic heterocycles. The largest absolute Gasteiger partial charge is 0.297 e. The molecule has 0 unspecified atom stereocenters. The van der Waals surface area contributed by atoms with Crippen LogP contribution in [0.25, 0.3) is 0 Å². The quantitative estimate of drug-likeness (QED) is 0.392. The summed E-state index contributed by atoms with van der Waals surface area (Å²) in [4.78, 5) is -0.0207. The average Bonchev–Trinajstić information content (AvgIpc) is 2.21. The summed E-state index contributed by atoms with van der Waals surface area (Å²) in [7, 11) is -3.81. The van der Waals surface area contributed by atoms with E-state index in [1.165, 1.54) is 30.4 Å². The summed E-state index contributed by atoms with van der Waals surface area (Å²) in [5, 5.41) is 0. The van der Waals surface area contributed by atoms with Gasteiger partial charge in [-0.2, -0.15) is 8.42 Å². The van der Waals surface area contributed by atoms with Crippen molar-refractivity contribution < 1.29 is 12.6 Å². The average molecular weight is 224 g/mol. The molecule has 0 spiro atoms. The van der Waals surface area contributed by atoms with Crippen LogP contribution >= 0.6 is 0 Å². The van der Waals surface area contributed by atoms with Crippen molar-refractivity contribution in [1.82, 2.24) is 0 Å². The summed E-state index contributed by atoms with van der Waals surface area (Å²) in [5.41, 5.74) is 0. The summed E-state index contributed by atoms with van der Waals surface area (Å²) < 4.78 is 27.5. The Balaban J connectivity index is 5.01. The van der Waals surface area contributed by atoms with Crippen LogP contribution in [-0.2, 0) is 14.3 Å². The van der Waals surface area contributed by atoms with Crippen molar-refractivity contribution in [3.05, 3.63) is 48.4 Å². The van der Waals surface area contributed by atoms with Gasteiger partial charge in [-0.1, -0.05) is 37.3 Å². The van der Waals surface area contributed by atoms with E-state index >= 15 is 0 Å². The van der Waals surface area contributed by atoms with Crippen LogP contribution in [0.5, 0.6) is 0 Å². The predicted octanol–water partition coefficient (Wildman–Crippen LogP) is 1.78. The molecule has 4 heteroatoms. The highest BCUT2D eigenvalue weighted by molar-refractivity contribution is 7.90. The standard InChI is InChI=1S/C11H12O3S/c1-4-7-9-11(8-5-2)15(12,13)14-10-6-3/h3-5,7-9H,1-2,10H2/b9-7-,11-8+. The van der Waals surface area contributed by atoms with Crippen molar-refractivity contribution in [1.29, 1.82) is 0 Å². The van der Waals surface area contributed by atoms with Gasteiger partial charge in [0.25, 0.3) is 10.1 Å². The Hall–Kier alpha value is -1.57. The zero-order valence-corrected chi connectivity index (χ0v) is 9.03. The van der Waals surface area contributed by atoms with Gasteiger partial charge in [-0.15, -0.1) is 6.42 Å². The molecule has 0 saturated carbocycles. The van der Waals surface area contributed by atoms with Crippen LogP contribution in [-0.4, -0.2) is 15.0 Å². The smallest absolute Gasteiger partial charge is 0.253 e. The Morgan fingerprint density at radius 1 is 1.40 bits per heavy atom. The lowest BCUT2D eigenvalue weighted by atomic mass is 10.4. The molecular weight excluding hydrogens is 212 g/mol. The summed E-state index contributed by atoms with van der Waals surface area (Å²) in [6.07, 6.45) is 11.8. The predicted molar refractivity (Wildman–Crippen MR) is 61.3 cm³/mol. The van der Waals surface area contributed by atoms with Gasteiger partial charge in [-0.3, -0.25) is 4.18 Å². The summed E-state index contributed by atoms with van der Waals surface area (Å²) in [6, 6.07) is 0. The maximum absolute atomic E-state index is 11.5. The summed E-state index contributed by atoms with van der Waals surface area (Å²) >= 11 is 0. The molecule has 0 bridgehead atoms. The Morgan fingerprint density at radius 2 is 2.07 bits per heavy atom. The maximum Gasteiger partial charge on any atom is 0.297 e. The second kappa shape index (κ2) is 6.82. The second-order valence-corrected chi connectivity index (χ2v) is 3.94. The first-order chi connectivity index (χ1) is 7.08. The molecular formula is C11H12O3S. The van der Waals surface area contributed by atoms with Crippen LogP contribution in [0.4, 0.5) is 0 Å². The van der Waals surface area contributed by atoms with E-state index < -0.39 is 10.1 Å². The first-order valence-electron chi connectivity index (χ1n) is 4.03. The lowest BCUT2D eigenvalue weighted by Crippen LogP contribution is -2.07. The number of hydrogen-bond acceptors (Lipinski definition) is 3. The highest BCUT2D eigenvalue weighted by atomic mass is 32.2. The minimum absolute atomic E-state index is 0.0207. The molecule has 0 rings (SSSR count). The first kappa shape index (κ1) is 13.4. The lowest BCUT2D eigenvalue weighted by Gasteiger charge is -2.02. The Bertz CT molecular complexity index is 419. The van der Waals surface area contributed by atoms with E-state index in [1.807, 2.05) is 0 Å². The molecule has 15 heavy (non-hydrogen) atoms. The van der Waals surface area contributed by atoms with Gasteiger partial charge in [-0.25, -0.2) is 0 Å². The van der Waals surface area contributed by atoms with Crippen molar-refractivity contribution in [3.63, 3.8) is 0 Å². The summed E-state index contributed by atoms with van der Waals surface area (Å²) in [6.45, 7) is 6.54. The van der Waals surface area contributed by atoms with Gasteiger partial charge in [0.1, 0.15) is 6.61 Å². The van der Waals surface area contributed by atoms with Crippen LogP contribution in [0.2, 0.25) is 0 Å². The van der Waals surface area contributed by atoms with Gasteiger partial charge in [0.15, 0.2) is 0 Å². The molecule has 0 aliphatic carbocycles. The third-order valence-corrected chi connectivity index (χ3v) is 2.54. The highest BCUT2D eigenvalue weighted by Gasteiger charge is 2.14. The van der Waals surface area contributed by atoms with Gasteiger partial charge in [0.2, 0.25) is 0 Å². The second-order valence-electron chi connectivity index (χ2n) is 2.32. The molecule has 0 aromatic heterocycles. The number of hydrogen-bond donors (Lipinski definition) is 0. The number of allylic oxidation sites excluding steroid dienone is 5. The van der Waals surface area contributed by atoms with Gasteiger partial charge < -0.3 is 0 Å². The topological polar surface area (TPSA) is 43.4 Å². The van der Waals surface area contributed by atoms with Gasteiger partial charge in [-0.05, 0) is 12.2 Å². The Morgan fingerprint density at radius 3 is 2.53 bits per heavy atom. The van der Waals surface area contributed by atoms with Crippen molar-refractivity contribution in [2.24, 2.45) is 0 Å². The third kappa shape index (κ3) is 5.01. The fourth-order valence-electron chi connectivity index (χ4n) is 0.681. The molecule has 3 nitrogen and oxygen atoms in total. The summed E-state index contributed by atoms with van der Waals surface area (Å²) in [5.74, 6) is 2.08. The molecule has 0 atom stereocenters.